The van der Waals surface area contributed by atoms with E-state index in [2.05, 4.69) is 4.98 Å². The van der Waals surface area contributed by atoms with Gasteiger partial charge in [0.1, 0.15) is 5.01 Å². The summed E-state index contributed by atoms with van der Waals surface area (Å²) >= 11 is 1.58. The minimum absolute atomic E-state index is 0.0880. The van der Waals surface area contributed by atoms with Crippen molar-refractivity contribution in [3.8, 4) is 0 Å². The van der Waals surface area contributed by atoms with Crippen molar-refractivity contribution in [2.75, 3.05) is 6.61 Å². The van der Waals surface area contributed by atoms with Crippen molar-refractivity contribution in [3.63, 3.8) is 0 Å². The maximum absolute atomic E-state index is 9.48. The van der Waals surface area contributed by atoms with Gasteiger partial charge in [0.25, 0.3) is 0 Å². The molecule has 1 unspecified atom stereocenters. The summed E-state index contributed by atoms with van der Waals surface area (Å²) in [4.78, 5) is 4.24. The normalized spacial score (nSPS) is 22.4. The van der Waals surface area contributed by atoms with E-state index in [9.17, 15) is 5.11 Å². The molecular weight excluding hydrogens is 196 g/mol. The molecule has 1 heterocycles. The van der Waals surface area contributed by atoms with Gasteiger partial charge in [-0.25, -0.2) is 4.98 Å². The van der Waals surface area contributed by atoms with Crippen LogP contribution in [0.4, 0.5) is 0 Å². The number of aromatic nitrogens is 1. The van der Waals surface area contributed by atoms with Crippen LogP contribution < -0.4 is 5.73 Å². The molecule has 1 aromatic heterocycles. The molecule has 1 atom stereocenters. The van der Waals surface area contributed by atoms with Gasteiger partial charge in [-0.2, -0.15) is 0 Å². The Bertz CT molecular complexity index is 280. The Morgan fingerprint density at radius 3 is 2.79 bits per heavy atom. The van der Waals surface area contributed by atoms with Crippen LogP contribution in [-0.4, -0.2) is 16.7 Å². The van der Waals surface area contributed by atoms with E-state index < -0.39 is 0 Å². The minimum atomic E-state index is -0.0994. The lowest BCUT2D eigenvalue weighted by Gasteiger charge is -2.31. The lowest BCUT2D eigenvalue weighted by molar-refractivity contribution is 0.102. The molecule has 0 amide bonds. The predicted octanol–water partition coefficient (Wildman–Crippen LogP) is 1.70. The lowest BCUT2D eigenvalue weighted by atomic mass is 9.80. The van der Waals surface area contributed by atoms with Crippen molar-refractivity contribution < 1.29 is 5.11 Å². The fraction of sp³-hybridized carbons (Fsp3) is 0.700. The Labute approximate surface area is 88.0 Å². The molecule has 0 radical (unpaired) electrons. The molecule has 1 aliphatic carbocycles. The zero-order valence-corrected chi connectivity index (χ0v) is 8.96. The van der Waals surface area contributed by atoms with E-state index >= 15 is 0 Å². The number of hydrogen-bond donors (Lipinski definition) is 2. The fourth-order valence-electron chi connectivity index (χ4n) is 2.30. The molecule has 0 aromatic carbocycles. The summed E-state index contributed by atoms with van der Waals surface area (Å²) in [5, 5.41) is 12.4. The Morgan fingerprint density at radius 2 is 2.29 bits per heavy atom. The summed E-state index contributed by atoms with van der Waals surface area (Å²) in [5.41, 5.74) is 6.08. The van der Waals surface area contributed by atoms with Gasteiger partial charge in [-0.1, -0.05) is 12.8 Å². The molecule has 78 valence electrons. The highest BCUT2D eigenvalue weighted by molar-refractivity contribution is 7.09. The van der Waals surface area contributed by atoms with E-state index in [0.29, 0.717) is 0 Å². The van der Waals surface area contributed by atoms with Gasteiger partial charge >= 0.3 is 0 Å². The zero-order valence-electron chi connectivity index (χ0n) is 8.15. The Balaban J connectivity index is 2.19. The number of aliphatic hydroxyl groups excluding tert-OH is 1. The van der Waals surface area contributed by atoms with Gasteiger partial charge in [0.05, 0.1) is 12.6 Å². The lowest BCUT2D eigenvalue weighted by Crippen LogP contribution is -2.35. The zero-order chi connectivity index (χ0) is 10.0. The van der Waals surface area contributed by atoms with Crippen LogP contribution in [0.15, 0.2) is 11.6 Å². The molecule has 14 heavy (non-hydrogen) atoms. The summed E-state index contributed by atoms with van der Waals surface area (Å²) in [6.07, 6.45) is 6.20. The fourth-order valence-corrected chi connectivity index (χ4v) is 3.08. The molecule has 3 nitrogen and oxygen atoms in total. The Kier molecular flexibility index (Phi) is 2.85. The smallest absolute Gasteiger partial charge is 0.110 e. The van der Waals surface area contributed by atoms with Gasteiger partial charge in [0, 0.05) is 17.0 Å². The molecular formula is C10H16N2OS. The largest absolute Gasteiger partial charge is 0.396 e. The van der Waals surface area contributed by atoms with Crippen molar-refractivity contribution in [1.29, 1.82) is 0 Å². The average Bonchev–Trinajstić information content (AvgIpc) is 2.89. The van der Waals surface area contributed by atoms with Crippen LogP contribution in [0.5, 0.6) is 0 Å². The highest BCUT2D eigenvalue weighted by atomic mass is 32.1. The van der Waals surface area contributed by atoms with Gasteiger partial charge in [-0.05, 0) is 12.8 Å². The van der Waals surface area contributed by atoms with Crippen LogP contribution in [0, 0.1) is 5.41 Å². The van der Waals surface area contributed by atoms with Crippen molar-refractivity contribution >= 4 is 11.3 Å². The van der Waals surface area contributed by atoms with Gasteiger partial charge in [0.2, 0.25) is 0 Å². The minimum Gasteiger partial charge on any atom is -0.396 e. The quantitative estimate of drug-likeness (QED) is 0.801. The number of rotatable bonds is 3. The van der Waals surface area contributed by atoms with Crippen LogP contribution in [0.25, 0.3) is 0 Å². The summed E-state index contributed by atoms with van der Waals surface area (Å²) in [7, 11) is 0. The van der Waals surface area contributed by atoms with Crippen molar-refractivity contribution in [1.82, 2.24) is 4.98 Å². The van der Waals surface area contributed by atoms with E-state index in [1.807, 2.05) is 5.38 Å². The number of nitrogens with zero attached hydrogens (tertiary/aromatic N) is 1. The molecule has 0 bridgehead atoms. The van der Waals surface area contributed by atoms with Gasteiger partial charge in [-0.3, -0.25) is 0 Å². The highest BCUT2D eigenvalue weighted by Gasteiger charge is 2.40. The van der Waals surface area contributed by atoms with Crippen LogP contribution >= 0.6 is 11.3 Å². The molecule has 0 saturated heterocycles. The molecule has 1 aliphatic rings. The van der Waals surface area contributed by atoms with Crippen LogP contribution in [0.1, 0.15) is 36.7 Å². The third-order valence-corrected chi connectivity index (χ3v) is 4.15. The second kappa shape index (κ2) is 3.96. The monoisotopic (exact) mass is 212 g/mol. The first kappa shape index (κ1) is 10.1. The first-order valence-corrected chi connectivity index (χ1v) is 5.92. The number of nitrogens with two attached hydrogens (primary N) is 1. The van der Waals surface area contributed by atoms with E-state index in [1.54, 1.807) is 17.5 Å². The van der Waals surface area contributed by atoms with E-state index in [-0.39, 0.29) is 18.1 Å². The number of hydrogen-bond acceptors (Lipinski definition) is 4. The summed E-state index contributed by atoms with van der Waals surface area (Å²) in [6, 6.07) is -0.0880. The first-order chi connectivity index (χ1) is 6.78. The average molecular weight is 212 g/mol. The van der Waals surface area contributed by atoms with Gasteiger partial charge in [-0.15, -0.1) is 11.3 Å². The Morgan fingerprint density at radius 1 is 1.57 bits per heavy atom. The second-order valence-corrected chi connectivity index (χ2v) is 5.00. The molecule has 1 aromatic rings. The van der Waals surface area contributed by atoms with E-state index in [1.165, 1.54) is 12.8 Å². The summed E-state index contributed by atoms with van der Waals surface area (Å²) in [5.74, 6) is 0. The molecule has 3 N–H and O–H groups in total. The summed E-state index contributed by atoms with van der Waals surface area (Å²) in [6.45, 7) is 0.188. The molecule has 1 saturated carbocycles. The third-order valence-electron chi connectivity index (χ3n) is 3.29. The van der Waals surface area contributed by atoms with Gasteiger partial charge < -0.3 is 10.8 Å². The molecule has 2 rings (SSSR count). The van der Waals surface area contributed by atoms with Crippen LogP contribution in [0.3, 0.4) is 0 Å². The topological polar surface area (TPSA) is 59.1 Å². The van der Waals surface area contributed by atoms with Gasteiger partial charge in [0.15, 0.2) is 0 Å². The summed E-state index contributed by atoms with van der Waals surface area (Å²) < 4.78 is 0. The van der Waals surface area contributed by atoms with Crippen molar-refractivity contribution in [2.24, 2.45) is 11.1 Å². The second-order valence-electron chi connectivity index (χ2n) is 4.08. The van der Waals surface area contributed by atoms with E-state index in [0.717, 1.165) is 17.8 Å². The van der Waals surface area contributed by atoms with Crippen LogP contribution in [0.2, 0.25) is 0 Å². The highest BCUT2D eigenvalue weighted by Crippen LogP contribution is 2.46. The third kappa shape index (κ3) is 1.58. The molecule has 4 heteroatoms. The SMILES string of the molecule is NC(c1nccs1)C1(CO)CCCC1. The molecule has 0 spiro atoms. The maximum Gasteiger partial charge on any atom is 0.110 e. The Hall–Kier alpha value is -0.450. The number of thiazole rings is 1. The van der Waals surface area contributed by atoms with E-state index in [4.69, 9.17) is 5.73 Å². The molecule has 1 fully saturated rings. The molecule has 0 aliphatic heterocycles. The predicted molar refractivity (Wildman–Crippen MR) is 57.0 cm³/mol. The van der Waals surface area contributed by atoms with Crippen molar-refractivity contribution in [2.45, 2.75) is 31.7 Å². The van der Waals surface area contributed by atoms with Crippen LogP contribution in [-0.2, 0) is 0 Å². The first-order valence-electron chi connectivity index (χ1n) is 5.04. The van der Waals surface area contributed by atoms with Crippen molar-refractivity contribution in [3.05, 3.63) is 16.6 Å². The number of aliphatic hydroxyl groups is 1. The standard InChI is InChI=1S/C10H16N2OS/c11-8(9-12-5-6-14-9)10(7-13)3-1-2-4-10/h5-6,8,13H,1-4,7,11H2. The maximum atomic E-state index is 9.48.